The van der Waals surface area contributed by atoms with Crippen LogP contribution in [0.15, 0.2) is 6.07 Å². The summed E-state index contributed by atoms with van der Waals surface area (Å²) < 4.78 is 5.40. The van der Waals surface area contributed by atoms with Gasteiger partial charge in [-0.1, -0.05) is 6.07 Å². The Labute approximate surface area is 92.6 Å². The van der Waals surface area contributed by atoms with Gasteiger partial charge in [-0.05, 0) is 63.0 Å². The van der Waals surface area contributed by atoms with E-state index in [1.54, 1.807) is 7.11 Å². The van der Waals surface area contributed by atoms with Gasteiger partial charge in [0, 0.05) is 0 Å². The van der Waals surface area contributed by atoms with Crippen LogP contribution in [0.1, 0.15) is 22.3 Å². The SMILES string of the molecule is CNCCc1cc(C)c(OC)c(C)c1C. The minimum atomic E-state index is 1.02. The van der Waals surface area contributed by atoms with E-state index in [0.717, 1.165) is 18.7 Å². The molecule has 1 aromatic carbocycles. The van der Waals surface area contributed by atoms with Gasteiger partial charge < -0.3 is 10.1 Å². The van der Waals surface area contributed by atoms with Crippen LogP contribution in [0.2, 0.25) is 0 Å². The summed E-state index contributed by atoms with van der Waals surface area (Å²) in [5, 5.41) is 3.18. The smallest absolute Gasteiger partial charge is 0.124 e. The number of aryl methyl sites for hydroxylation is 1. The first kappa shape index (κ1) is 12.1. The van der Waals surface area contributed by atoms with Crippen molar-refractivity contribution in [2.24, 2.45) is 0 Å². The molecular weight excluding hydrogens is 186 g/mol. The Balaban J connectivity index is 3.10. The predicted octanol–water partition coefficient (Wildman–Crippen LogP) is 2.38. The van der Waals surface area contributed by atoms with E-state index in [-0.39, 0.29) is 0 Å². The van der Waals surface area contributed by atoms with Gasteiger partial charge in [0.05, 0.1) is 7.11 Å². The molecule has 0 saturated heterocycles. The van der Waals surface area contributed by atoms with Gasteiger partial charge in [0.2, 0.25) is 0 Å². The molecule has 1 N–H and O–H groups in total. The zero-order chi connectivity index (χ0) is 11.4. The summed E-state index contributed by atoms with van der Waals surface area (Å²) in [4.78, 5) is 0. The van der Waals surface area contributed by atoms with E-state index in [0.29, 0.717) is 0 Å². The molecule has 0 saturated carbocycles. The topological polar surface area (TPSA) is 21.3 Å². The van der Waals surface area contributed by atoms with Crippen molar-refractivity contribution >= 4 is 0 Å². The molecule has 0 radical (unpaired) electrons. The summed E-state index contributed by atoms with van der Waals surface area (Å²) >= 11 is 0. The van der Waals surface area contributed by atoms with Crippen molar-refractivity contribution in [1.29, 1.82) is 0 Å². The van der Waals surface area contributed by atoms with Crippen LogP contribution in [-0.4, -0.2) is 20.7 Å². The second-order valence-electron chi connectivity index (χ2n) is 3.99. The molecule has 0 amide bonds. The van der Waals surface area contributed by atoms with Crippen LogP contribution < -0.4 is 10.1 Å². The number of ether oxygens (including phenoxy) is 1. The van der Waals surface area contributed by atoms with E-state index in [2.05, 4.69) is 32.2 Å². The normalized spacial score (nSPS) is 10.5. The first-order valence-corrected chi connectivity index (χ1v) is 5.40. The van der Waals surface area contributed by atoms with Crippen LogP contribution in [0.5, 0.6) is 5.75 Å². The van der Waals surface area contributed by atoms with Gasteiger partial charge in [0.25, 0.3) is 0 Å². The molecule has 0 aliphatic carbocycles. The van der Waals surface area contributed by atoms with Gasteiger partial charge in [-0.25, -0.2) is 0 Å². The highest BCUT2D eigenvalue weighted by atomic mass is 16.5. The van der Waals surface area contributed by atoms with E-state index < -0.39 is 0 Å². The number of nitrogens with one attached hydrogen (secondary N) is 1. The lowest BCUT2D eigenvalue weighted by Crippen LogP contribution is -2.11. The molecule has 2 nitrogen and oxygen atoms in total. The Morgan fingerprint density at radius 1 is 1.20 bits per heavy atom. The highest BCUT2D eigenvalue weighted by Gasteiger charge is 2.09. The Morgan fingerprint density at radius 3 is 2.40 bits per heavy atom. The fourth-order valence-corrected chi connectivity index (χ4v) is 1.98. The molecule has 0 heterocycles. The van der Waals surface area contributed by atoms with Gasteiger partial charge in [0.15, 0.2) is 0 Å². The van der Waals surface area contributed by atoms with Gasteiger partial charge >= 0.3 is 0 Å². The van der Waals surface area contributed by atoms with E-state index in [9.17, 15) is 0 Å². The summed E-state index contributed by atoms with van der Waals surface area (Å²) in [6.07, 6.45) is 1.08. The number of hydrogen-bond acceptors (Lipinski definition) is 2. The summed E-state index contributed by atoms with van der Waals surface area (Å²) in [5.41, 5.74) is 5.27. The number of hydrogen-bond donors (Lipinski definition) is 1. The molecule has 0 bridgehead atoms. The largest absolute Gasteiger partial charge is 0.496 e. The predicted molar refractivity (Wildman–Crippen MR) is 64.8 cm³/mol. The number of methoxy groups -OCH3 is 1. The van der Waals surface area contributed by atoms with Crippen LogP contribution >= 0.6 is 0 Å². The molecule has 1 rings (SSSR count). The Kier molecular flexibility index (Phi) is 4.15. The summed E-state index contributed by atoms with van der Waals surface area (Å²) in [6.45, 7) is 7.42. The third-order valence-electron chi connectivity index (χ3n) is 2.98. The van der Waals surface area contributed by atoms with Crippen molar-refractivity contribution in [2.45, 2.75) is 27.2 Å². The van der Waals surface area contributed by atoms with Crippen molar-refractivity contribution < 1.29 is 4.74 Å². The van der Waals surface area contributed by atoms with E-state index in [1.807, 2.05) is 7.05 Å². The maximum Gasteiger partial charge on any atom is 0.124 e. The molecule has 15 heavy (non-hydrogen) atoms. The third-order valence-corrected chi connectivity index (χ3v) is 2.98. The highest BCUT2D eigenvalue weighted by Crippen LogP contribution is 2.28. The quantitative estimate of drug-likeness (QED) is 0.818. The van der Waals surface area contributed by atoms with Crippen molar-refractivity contribution in [3.05, 3.63) is 28.3 Å². The van der Waals surface area contributed by atoms with Crippen LogP contribution in [-0.2, 0) is 6.42 Å². The summed E-state index contributed by atoms with van der Waals surface area (Å²) in [5.74, 6) is 1.03. The maximum atomic E-state index is 5.40. The van der Waals surface area contributed by atoms with E-state index >= 15 is 0 Å². The van der Waals surface area contributed by atoms with Gasteiger partial charge in [-0.3, -0.25) is 0 Å². The lowest BCUT2D eigenvalue weighted by molar-refractivity contribution is 0.408. The second-order valence-corrected chi connectivity index (χ2v) is 3.99. The van der Waals surface area contributed by atoms with Crippen LogP contribution in [0.3, 0.4) is 0 Å². The first-order valence-electron chi connectivity index (χ1n) is 5.40. The molecular formula is C13H21NO. The van der Waals surface area contributed by atoms with Gasteiger partial charge in [0.1, 0.15) is 5.75 Å². The monoisotopic (exact) mass is 207 g/mol. The van der Waals surface area contributed by atoms with E-state index in [1.165, 1.54) is 22.3 Å². The average molecular weight is 207 g/mol. The minimum absolute atomic E-state index is 1.02. The van der Waals surface area contributed by atoms with Gasteiger partial charge in [-0.15, -0.1) is 0 Å². The molecule has 0 aromatic heterocycles. The summed E-state index contributed by atoms with van der Waals surface area (Å²) in [7, 11) is 3.72. The van der Waals surface area contributed by atoms with Crippen molar-refractivity contribution in [2.75, 3.05) is 20.7 Å². The zero-order valence-electron chi connectivity index (χ0n) is 10.4. The molecule has 0 aliphatic rings. The van der Waals surface area contributed by atoms with Crippen LogP contribution in [0.4, 0.5) is 0 Å². The molecule has 84 valence electrons. The fourth-order valence-electron chi connectivity index (χ4n) is 1.98. The lowest BCUT2D eigenvalue weighted by Gasteiger charge is -2.15. The Morgan fingerprint density at radius 2 is 1.87 bits per heavy atom. The maximum absolute atomic E-state index is 5.40. The van der Waals surface area contributed by atoms with Crippen LogP contribution in [0.25, 0.3) is 0 Å². The third kappa shape index (κ3) is 2.51. The molecule has 0 spiro atoms. The summed E-state index contributed by atoms with van der Waals surface area (Å²) in [6, 6.07) is 2.23. The molecule has 0 unspecified atom stereocenters. The molecule has 0 atom stereocenters. The molecule has 2 heteroatoms. The average Bonchev–Trinajstić information content (AvgIpc) is 2.22. The van der Waals surface area contributed by atoms with E-state index in [4.69, 9.17) is 4.74 Å². The zero-order valence-corrected chi connectivity index (χ0v) is 10.4. The Hall–Kier alpha value is -1.02. The van der Waals surface area contributed by atoms with Crippen molar-refractivity contribution in [1.82, 2.24) is 5.32 Å². The van der Waals surface area contributed by atoms with Crippen LogP contribution in [0, 0.1) is 20.8 Å². The number of benzene rings is 1. The first-order chi connectivity index (χ1) is 7.11. The molecule has 0 aliphatic heterocycles. The Bertz CT molecular complexity index is 345. The highest BCUT2D eigenvalue weighted by molar-refractivity contribution is 5.49. The minimum Gasteiger partial charge on any atom is -0.496 e. The second kappa shape index (κ2) is 5.17. The fraction of sp³-hybridized carbons (Fsp3) is 0.538. The lowest BCUT2D eigenvalue weighted by atomic mass is 9.96. The molecule has 0 fully saturated rings. The van der Waals surface area contributed by atoms with Gasteiger partial charge in [-0.2, -0.15) is 0 Å². The number of likely N-dealkylation sites (N-methyl/N-ethyl adjacent to an activating group) is 1. The number of rotatable bonds is 4. The van der Waals surface area contributed by atoms with Crippen molar-refractivity contribution in [3.8, 4) is 5.75 Å². The molecule has 1 aromatic rings. The van der Waals surface area contributed by atoms with Crippen molar-refractivity contribution in [3.63, 3.8) is 0 Å². The standard InChI is InChI=1S/C13H21NO/c1-9-8-12(6-7-14-4)10(2)11(3)13(9)15-5/h8,14H,6-7H2,1-5H3.